The van der Waals surface area contributed by atoms with Crippen LogP contribution in [0.25, 0.3) is 0 Å². The summed E-state index contributed by atoms with van der Waals surface area (Å²) in [6, 6.07) is 7.23. The Hall–Kier alpha value is -1.80. The van der Waals surface area contributed by atoms with Crippen LogP contribution < -0.4 is 0 Å². The fraction of sp³-hybridized carbons (Fsp3) is 0.100. The molecule has 0 spiro atoms. The molecular formula is C10H7N3OS. The fourth-order valence-corrected chi connectivity index (χ4v) is 1.76. The van der Waals surface area contributed by atoms with Crippen LogP contribution in [0.3, 0.4) is 0 Å². The van der Waals surface area contributed by atoms with E-state index in [1.807, 2.05) is 19.1 Å². The SMILES string of the molecule is Cc1coc(Sc2cccc(C#N)n2)n1. The van der Waals surface area contributed by atoms with Gasteiger partial charge in [-0.25, -0.2) is 9.97 Å². The van der Waals surface area contributed by atoms with E-state index in [0.717, 1.165) is 5.69 Å². The van der Waals surface area contributed by atoms with E-state index < -0.39 is 0 Å². The van der Waals surface area contributed by atoms with Crippen molar-refractivity contribution >= 4 is 11.8 Å². The van der Waals surface area contributed by atoms with Crippen LogP contribution in [0, 0.1) is 18.3 Å². The summed E-state index contributed by atoms with van der Waals surface area (Å²) in [6.07, 6.45) is 1.58. The third-order valence-corrected chi connectivity index (χ3v) is 2.43. The molecule has 15 heavy (non-hydrogen) atoms. The van der Waals surface area contributed by atoms with Crippen molar-refractivity contribution in [2.75, 3.05) is 0 Å². The van der Waals surface area contributed by atoms with Gasteiger partial charge in [0, 0.05) is 0 Å². The monoisotopic (exact) mass is 217 g/mol. The molecular weight excluding hydrogens is 210 g/mol. The number of nitrogens with zero attached hydrogens (tertiary/aromatic N) is 3. The Balaban J connectivity index is 2.21. The molecule has 0 bridgehead atoms. The Kier molecular flexibility index (Phi) is 2.70. The number of aromatic nitrogens is 2. The predicted molar refractivity (Wildman–Crippen MR) is 54.3 cm³/mol. The minimum atomic E-state index is 0.392. The van der Waals surface area contributed by atoms with E-state index in [1.165, 1.54) is 11.8 Å². The highest BCUT2D eigenvalue weighted by molar-refractivity contribution is 7.99. The number of hydrogen-bond donors (Lipinski definition) is 0. The van der Waals surface area contributed by atoms with Crippen LogP contribution in [-0.4, -0.2) is 9.97 Å². The van der Waals surface area contributed by atoms with Crippen molar-refractivity contribution < 1.29 is 4.42 Å². The molecule has 0 saturated heterocycles. The Labute approximate surface area is 91.0 Å². The smallest absolute Gasteiger partial charge is 0.262 e. The van der Waals surface area contributed by atoms with Crippen LogP contribution in [-0.2, 0) is 0 Å². The number of aryl methyl sites for hydroxylation is 1. The normalized spacial score (nSPS) is 9.87. The summed E-state index contributed by atoms with van der Waals surface area (Å²) in [5, 5.41) is 9.91. The molecule has 2 heterocycles. The summed E-state index contributed by atoms with van der Waals surface area (Å²) < 4.78 is 5.17. The first-order valence-electron chi connectivity index (χ1n) is 4.25. The molecule has 2 aromatic heterocycles. The third-order valence-electron chi connectivity index (χ3n) is 1.63. The van der Waals surface area contributed by atoms with Gasteiger partial charge in [0.05, 0.1) is 5.69 Å². The Morgan fingerprint density at radius 1 is 1.40 bits per heavy atom. The molecule has 0 unspecified atom stereocenters. The van der Waals surface area contributed by atoms with E-state index >= 15 is 0 Å². The molecule has 2 rings (SSSR count). The average Bonchev–Trinajstić information content (AvgIpc) is 2.64. The molecule has 0 amide bonds. The second-order valence-corrected chi connectivity index (χ2v) is 3.80. The molecule has 74 valence electrons. The molecule has 0 N–H and O–H groups in total. The van der Waals surface area contributed by atoms with Crippen LogP contribution in [0.15, 0.2) is 39.1 Å². The third kappa shape index (κ3) is 2.36. The highest BCUT2D eigenvalue weighted by Gasteiger charge is 2.05. The first-order valence-corrected chi connectivity index (χ1v) is 5.07. The summed E-state index contributed by atoms with van der Waals surface area (Å²) in [5.74, 6) is 0. The summed E-state index contributed by atoms with van der Waals surface area (Å²) >= 11 is 1.30. The van der Waals surface area contributed by atoms with Crippen molar-refractivity contribution in [3.05, 3.63) is 35.9 Å². The van der Waals surface area contributed by atoms with Crippen LogP contribution in [0.2, 0.25) is 0 Å². The van der Waals surface area contributed by atoms with E-state index in [1.54, 1.807) is 18.4 Å². The first-order chi connectivity index (χ1) is 7.28. The molecule has 4 nitrogen and oxygen atoms in total. The van der Waals surface area contributed by atoms with Gasteiger partial charge in [-0.15, -0.1) is 0 Å². The van der Waals surface area contributed by atoms with Crippen molar-refractivity contribution in [2.45, 2.75) is 17.2 Å². The number of rotatable bonds is 2. The van der Waals surface area contributed by atoms with Gasteiger partial charge in [-0.05, 0) is 30.8 Å². The van der Waals surface area contributed by atoms with Gasteiger partial charge in [0.25, 0.3) is 5.22 Å². The minimum Gasteiger partial charge on any atom is -0.439 e. The molecule has 0 atom stereocenters. The summed E-state index contributed by atoms with van der Waals surface area (Å²) in [7, 11) is 0. The Morgan fingerprint density at radius 3 is 2.93 bits per heavy atom. The highest BCUT2D eigenvalue weighted by atomic mass is 32.2. The molecule has 0 aromatic carbocycles. The average molecular weight is 217 g/mol. The molecule has 0 radical (unpaired) electrons. The lowest BCUT2D eigenvalue weighted by atomic mass is 10.4. The van der Waals surface area contributed by atoms with E-state index in [9.17, 15) is 0 Å². The topological polar surface area (TPSA) is 62.7 Å². The fourth-order valence-electron chi connectivity index (χ4n) is 1.00. The minimum absolute atomic E-state index is 0.392. The second kappa shape index (κ2) is 4.15. The van der Waals surface area contributed by atoms with Crippen molar-refractivity contribution in [1.82, 2.24) is 9.97 Å². The number of hydrogen-bond acceptors (Lipinski definition) is 5. The van der Waals surface area contributed by atoms with Crippen LogP contribution in [0.4, 0.5) is 0 Å². The molecule has 0 saturated carbocycles. The van der Waals surface area contributed by atoms with Gasteiger partial charge in [0.1, 0.15) is 23.1 Å². The van der Waals surface area contributed by atoms with Crippen LogP contribution >= 0.6 is 11.8 Å². The molecule has 0 aliphatic carbocycles. The quantitative estimate of drug-likeness (QED) is 0.772. The standard InChI is InChI=1S/C10H7N3OS/c1-7-6-14-10(12-7)15-9-4-2-3-8(5-11)13-9/h2-4,6H,1H3. The molecule has 0 aliphatic heterocycles. The van der Waals surface area contributed by atoms with Gasteiger partial charge in [-0.2, -0.15) is 5.26 Å². The summed E-state index contributed by atoms with van der Waals surface area (Å²) in [6.45, 7) is 1.85. The maximum absolute atomic E-state index is 8.67. The van der Waals surface area contributed by atoms with Gasteiger partial charge >= 0.3 is 0 Å². The van der Waals surface area contributed by atoms with Gasteiger partial charge in [0.15, 0.2) is 0 Å². The highest BCUT2D eigenvalue weighted by Crippen LogP contribution is 2.24. The van der Waals surface area contributed by atoms with Gasteiger partial charge in [0.2, 0.25) is 0 Å². The first kappa shape index (κ1) is 9.74. The Morgan fingerprint density at radius 2 is 2.27 bits per heavy atom. The lowest BCUT2D eigenvalue weighted by Crippen LogP contribution is -1.84. The van der Waals surface area contributed by atoms with E-state index in [2.05, 4.69) is 9.97 Å². The Bertz CT molecular complexity index is 515. The predicted octanol–water partition coefficient (Wildman–Crippen LogP) is 2.40. The van der Waals surface area contributed by atoms with Crippen molar-refractivity contribution in [3.8, 4) is 6.07 Å². The maximum Gasteiger partial charge on any atom is 0.262 e. The zero-order valence-electron chi connectivity index (χ0n) is 7.97. The van der Waals surface area contributed by atoms with Crippen LogP contribution in [0.5, 0.6) is 0 Å². The van der Waals surface area contributed by atoms with Gasteiger partial charge < -0.3 is 4.42 Å². The lowest BCUT2D eigenvalue weighted by molar-refractivity contribution is 0.454. The molecule has 5 heteroatoms. The van der Waals surface area contributed by atoms with Gasteiger partial charge in [-0.1, -0.05) is 6.07 Å². The van der Waals surface area contributed by atoms with Gasteiger partial charge in [-0.3, -0.25) is 0 Å². The van der Waals surface area contributed by atoms with E-state index in [4.69, 9.17) is 9.68 Å². The summed E-state index contributed by atoms with van der Waals surface area (Å²) in [5.41, 5.74) is 1.22. The zero-order valence-corrected chi connectivity index (χ0v) is 8.78. The number of oxazole rings is 1. The van der Waals surface area contributed by atoms with E-state index in [-0.39, 0.29) is 0 Å². The van der Waals surface area contributed by atoms with Crippen molar-refractivity contribution in [1.29, 1.82) is 5.26 Å². The molecule has 0 aliphatic rings. The van der Waals surface area contributed by atoms with Crippen molar-refractivity contribution in [2.24, 2.45) is 0 Å². The maximum atomic E-state index is 8.67. The van der Waals surface area contributed by atoms with Crippen molar-refractivity contribution in [3.63, 3.8) is 0 Å². The number of pyridine rings is 1. The molecule has 0 fully saturated rings. The lowest BCUT2D eigenvalue weighted by Gasteiger charge is -1.95. The van der Waals surface area contributed by atoms with E-state index in [0.29, 0.717) is 15.9 Å². The summed E-state index contributed by atoms with van der Waals surface area (Å²) in [4.78, 5) is 8.23. The molecule has 2 aromatic rings. The zero-order chi connectivity index (χ0) is 10.7. The number of nitriles is 1. The van der Waals surface area contributed by atoms with Crippen LogP contribution in [0.1, 0.15) is 11.4 Å². The largest absolute Gasteiger partial charge is 0.439 e. The second-order valence-electron chi connectivity index (χ2n) is 2.83.